The number of amides is 2. The Morgan fingerprint density at radius 2 is 1.73 bits per heavy atom. The molecule has 4 nitrogen and oxygen atoms in total. The molecule has 1 aliphatic heterocycles. The molecule has 2 aromatic carbocycles. The lowest BCUT2D eigenvalue weighted by Gasteiger charge is -2.40. The van der Waals surface area contributed by atoms with Crippen LogP contribution in [0.2, 0.25) is 0 Å². The van der Waals surface area contributed by atoms with E-state index in [1.807, 2.05) is 35.2 Å². The lowest BCUT2D eigenvalue weighted by Crippen LogP contribution is -2.48. The zero-order chi connectivity index (χ0) is 26.0. The fraction of sp³-hybridized carbons (Fsp3) is 0.379. The molecule has 3 atom stereocenters. The molecule has 1 aliphatic carbocycles. The van der Waals surface area contributed by atoms with E-state index in [9.17, 15) is 22.8 Å². The molecule has 2 heterocycles. The standard InChI is InChI=1S/C29H29F3N2O2S/c30-29(31,32)21-10-6-7-19(17-21)18-33-27(35)22-11-4-5-12-23(22)28(36)34-15-13-25-24(14-16-37-25)26(34)20-8-2-1-3-9-20/h1-3,6-10,14,16-17,22-23,26H,4-5,11-13,15,18H2,(H,33,35)/t22-,23+,26?/m0/s1. The molecule has 8 heteroatoms. The molecule has 5 rings (SSSR count). The number of rotatable bonds is 5. The van der Waals surface area contributed by atoms with E-state index in [1.165, 1.54) is 10.9 Å². The molecule has 1 aromatic heterocycles. The number of thiophene rings is 1. The highest BCUT2D eigenvalue weighted by Crippen LogP contribution is 2.41. The highest BCUT2D eigenvalue weighted by atomic mass is 32.1. The number of fused-ring (bicyclic) bond motifs is 1. The summed E-state index contributed by atoms with van der Waals surface area (Å²) in [7, 11) is 0. The molecule has 0 spiro atoms. The van der Waals surface area contributed by atoms with Crippen molar-refractivity contribution in [2.45, 2.75) is 50.9 Å². The fourth-order valence-electron chi connectivity index (χ4n) is 5.68. The topological polar surface area (TPSA) is 49.4 Å². The first-order valence-corrected chi connectivity index (χ1v) is 13.6. The van der Waals surface area contributed by atoms with Crippen molar-refractivity contribution < 1.29 is 22.8 Å². The Morgan fingerprint density at radius 3 is 2.49 bits per heavy atom. The second-order valence-electron chi connectivity index (χ2n) is 9.81. The van der Waals surface area contributed by atoms with Gasteiger partial charge in [0.2, 0.25) is 11.8 Å². The molecule has 0 saturated heterocycles. The minimum absolute atomic E-state index is 0.00518. The van der Waals surface area contributed by atoms with Crippen LogP contribution in [0.4, 0.5) is 13.2 Å². The van der Waals surface area contributed by atoms with E-state index in [4.69, 9.17) is 0 Å². The summed E-state index contributed by atoms with van der Waals surface area (Å²) < 4.78 is 39.2. The van der Waals surface area contributed by atoms with Gasteiger partial charge < -0.3 is 10.2 Å². The van der Waals surface area contributed by atoms with Crippen LogP contribution in [0.25, 0.3) is 0 Å². The number of carbonyl (C=O) groups excluding carboxylic acids is 2. The van der Waals surface area contributed by atoms with Crippen LogP contribution in [0.5, 0.6) is 0 Å². The Bertz CT molecular complexity index is 1260. The van der Waals surface area contributed by atoms with Crippen LogP contribution in [-0.2, 0) is 28.7 Å². The van der Waals surface area contributed by atoms with Crippen molar-refractivity contribution in [2.75, 3.05) is 6.54 Å². The van der Waals surface area contributed by atoms with E-state index in [2.05, 4.69) is 16.8 Å². The molecular weight excluding hydrogens is 497 g/mol. The quantitative estimate of drug-likeness (QED) is 0.420. The number of hydrogen-bond acceptors (Lipinski definition) is 3. The van der Waals surface area contributed by atoms with E-state index in [-0.39, 0.29) is 24.4 Å². The average Bonchev–Trinajstić information content (AvgIpc) is 3.40. The van der Waals surface area contributed by atoms with Gasteiger partial charge in [0.05, 0.1) is 11.6 Å². The monoisotopic (exact) mass is 526 g/mol. The molecule has 194 valence electrons. The van der Waals surface area contributed by atoms with Crippen molar-refractivity contribution in [1.82, 2.24) is 10.2 Å². The molecule has 2 aliphatic rings. The molecule has 2 amide bonds. The van der Waals surface area contributed by atoms with Crippen molar-refractivity contribution in [3.8, 4) is 0 Å². The van der Waals surface area contributed by atoms with Gasteiger partial charge in [-0.3, -0.25) is 9.59 Å². The van der Waals surface area contributed by atoms with Gasteiger partial charge in [0.15, 0.2) is 0 Å². The molecule has 0 radical (unpaired) electrons. The number of nitrogens with zero attached hydrogens (tertiary/aromatic N) is 1. The Morgan fingerprint density at radius 1 is 0.973 bits per heavy atom. The van der Waals surface area contributed by atoms with Crippen molar-refractivity contribution in [1.29, 1.82) is 0 Å². The van der Waals surface area contributed by atoms with E-state index in [0.717, 1.165) is 42.5 Å². The summed E-state index contributed by atoms with van der Waals surface area (Å²) in [5.41, 5.74) is 1.84. The lowest BCUT2D eigenvalue weighted by atomic mass is 9.77. The fourth-order valence-corrected chi connectivity index (χ4v) is 6.58. The van der Waals surface area contributed by atoms with E-state index < -0.39 is 23.6 Å². The summed E-state index contributed by atoms with van der Waals surface area (Å²) >= 11 is 1.71. The highest BCUT2D eigenvalue weighted by Gasteiger charge is 2.41. The molecule has 1 N–H and O–H groups in total. The average molecular weight is 527 g/mol. The summed E-state index contributed by atoms with van der Waals surface area (Å²) in [6.07, 6.45) is -0.689. The maximum absolute atomic E-state index is 14.0. The van der Waals surface area contributed by atoms with E-state index in [0.29, 0.717) is 24.9 Å². The van der Waals surface area contributed by atoms with Gasteiger partial charge >= 0.3 is 6.18 Å². The Labute approximate surface area is 218 Å². The Hall–Kier alpha value is -3.13. The molecule has 37 heavy (non-hydrogen) atoms. The van der Waals surface area contributed by atoms with Crippen LogP contribution >= 0.6 is 11.3 Å². The van der Waals surface area contributed by atoms with Gasteiger partial charge in [-0.15, -0.1) is 11.3 Å². The minimum atomic E-state index is -4.44. The van der Waals surface area contributed by atoms with Crippen LogP contribution < -0.4 is 5.32 Å². The third kappa shape index (κ3) is 5.44. The van der Waals surface area contributed by atoms with E-state index >= 15 is 0 Å². The molecule has 1 fully saturated rings. The summed E-state index contributed by atoms with van der Waals surface area (Å²) in [5, 5.41) is 4.88. The van der Waals surface area contributed by atoms with Crippen LogP contribution in [-0.4, -0.2) is 23.3 Å². The van der Waals surface area contributed by atoms with Crippen molar-refractivity contribution in [3.63, 3.8) is 0 Å². The van der Waals surface area contributed by atoms with Crippen LogP contribution in [0.15, 0.2) is 66.0 Å². The summed E-state index contributed by atoms with van der Waals surface area (Å²) in [6, 6.07) is 16.9. The smallest absolute Gasteiger partial charge is 0.352 e. The van der Waals surface area contributed by atoms with Gasteiger partial charge in [-0.05, 0) is 59.5 Å². The zero-order valence-corrected chi connectivity index (χ0v) is 21.2. The number of benzene rings is 2. The SMILES string of the molecule is O=C(NCc1cccc(C(F)(F)F)c1)[C@H]1CCCC[C@H]1C(=O)N1CCc2sccc2C1c1ccccc1. The first-order chi connectivity index (χ1) is 17.8. The molecular formula is C29H29F3N2O2S. The maximum atomic E-state index is 14.0. The van der Waals surface area contributed by atoms with Gasteiger partial charge in [-0.25, -0.2) is 0 Å². The van der Waals surface area contributed by atoms with Crippen molar-refractivity contribution in [3.05, 3.63) is 93.2 Å². The summed E-state index contributed by atoms with van der Waals surface area (Å²) in [5.74, 6) is -1.21. The number of halogens is 3. The number of alkyl halides is 3. The van der Waals surface area contributed by atoms with E-state index in [1.54, 1.807) is 17.4 Å². The molecule has 1 unspecified atom stereocenters. The van der Waals surface area contributed by atoms with Gasteiger partial charge in [0.25, 0.3) is 0 Å². The predicted molar refractivity (Wildman–Crippen MR) is 137 cm³/mol. The second-order valence-corrected chi connectivity index (χ2v) is 10.8. The first-order valence-electron chi connectivity index (χ1n) is 12.7. The Balaban J connectivity index is 1.34. The summed E-state index contributed by atoms with van der Waals surface area (Å²) in [4.78, 5) is 30.5. The second kappa shape index (κ2) is 10.7. The van der Waals surface area contributed by atoms with Crippen LogP contribution in [0.3, 0.4) is 0 Å². The Kier molecular flexibility index (Phi) is 7.38. The zero-order valence-electron chi connectivity index (χ0n) is 20.3. The van der Waals surface area contributed by atoms with Gasteiger partial charge in [0, 0.05) is 29.8 Å². The lowest BCUT2D eigenvalue weighted by molar-refractivity contribution is -0.145. The largest absolute Gasteiger partial charge is 0.416 e. The van der Waals surface area contributed by atoms with Crippen LogP contribution in [0.1, 0.15) is 58.9 Å². The van der Waals surface area contributed by atoms with Crippen molar-refractivity contribution in [2.24, 2.45) is 11.8 Å². The van der Waals surface area contributed by atoms with Crippen molar-refractivity contribution >= 4 is 23.2 Å². The summed E-state index contributed by atoms with van der Waals surface area (Å²) in [6.45, 7) is 0.593. The van der Waals surface area contributed by atoms with Gasteiger partial charge in [0.1, 0.15) is 0 Å². The molecule has 3 aromatic rings. The minimum Gasteiger partial charge on any atom is -0.352 e. The normalized spacial score (nSPS) is 21.8. The van der Waals surface area contributed by atoms with Gasteiger partial charge in [-0.1, -0.05) is 55.3 Å². The highest BCUT2D eigenvalue weighted by molar-refractivity contribution is 7.10. The molecule has 0 bridgehead atoms. The molecule has 1 saturated carbocycles. The maximum Gasteiger partial charge on any atom is 0.416 e. The third-order valence-electron chi connectivity index (χ3n) is 7.51. The third-order valence-corrected chi connectivity index (χ3v) is 8.50. The number of hydrogen-bond donors (Lipinski definition) is 1. The number of carbonyl (C=O) groups is 2. The van der Waals surface area contributed by atoms with Crippen LogP contribution in [0, 0.1) is 11.8 Å². The first kappa shape index (κ1) is 25.5. The predicted octanol–water partition coefficient (Wildman–Crippen LogP) is 6.36. The van der Waals surface area contributed by atoms with Gasteiger partial charge in [-0.2, -0.15) is 13.2 Å². The number of nitrogens with one attached hydrogen (secondary N) is 1.